The van der Waals surface area contributed by atoms with Crippen molar-refractivity contribution < 1.29 is 24.2 Å². The number of thioether (sulfide) groups is 1. The monoisotopic (exact) mass is 426 g/mol. The Bertz CT molecular complexity index is 673. The number of carbonyl (C=O) groups excluding carboxylic acids is 3. The minimum Gasteiger partial charge on any atom is -0.466 e. The van der Waals surface area contributed by atoms with Crippen LogP contribution in [0.3, 0.4) is 0 Å². The van der Waals surface area contributed by atoms with E-state index in [0.29, 0.717) is 13.0 Å². The number of rotatable bonds is 9. The van der Waals surface area contributed by atoms with Crippen LogP contribution in [0.15, 0.2) is 0 Å². The predicted octanol–water partition coefficient (Wildman–Crippen LogP) is 1.72. The van der Waals surface area contributed by atoms with Crippen molar-refractivity contribution in [2.45, 2.75) is 81.4 Å². The smallest absolute Gasteiger partial charge is 0.311 e. The van der Waals surface area contributed by atoms with E-state index in [0.717, 1.165) is 25.7 Å². The van der Waals surface area contributed by atoms with Crippen LogP contribution < -0.4 is 5.32 Å². The van der Waals surface area contributed by atoms with E-state index >= 15 is 0 Å². The number of fused-ring (bicyclic) bond motifs is 1. The SMILES string of the molecule is CCCCCNC(=O)C1N([C@H](C)CO)C(=O)[C@@H]2[C@@H](C(=O)OCC)[C@@]3(C)CCC12S3. The molecule has 3 heterocycles. The van der Waals surface area contributed by atoms with Gasteiger partial charge in [-0.05, 0) is 40.0 Å². The van der Waals surface area contributed by atoms with Crippen LogP contribution in [0.4, 0.5) is 0 Å². The summed E-state index contributed by atoms with van der Waals surface area (Å²) in [5, 5.41) is 12.8. The van der Waals surface area contributed by atoms with Gasteiger partial charge in [0.2, 0.25) is 11.8 Å². The van der Waals surface area contributed by atoms with E-state index in [1.807, 2.05) is 6.92 Å². The summed E-state index contributed by atoms with van der Waals surface area (Å²) in [4.78, 5) is 41.2. The summed E-state index contributed by atoms with van der Waals surface area (Å²) in [5.41, 5.74) is 0. The van der Waals surface area contributed by atoms with E-state index in [2.05, 4.69) is 12.2 Å². The van der Waals surface area contributed by atoms with Crippen molar-refractivity contribution in [3.63, 3.8) is 0 Å². The van der Waals surface area contributed by atoms with Gasteiger partial charge in [-0.1, -0.05) is 19.8 Å². The van der Waals surface area contributed by atoms with Crippen molar-refractivity contribution in [1.82, 2.24) is 10.2 Å². The van der Waals surface area contributed by atoms with Gasteiger partial charge in [-0.3, -0.25) is 14.4 Å². The zero-order chi connectivity index (χ0) is 21.4. The van der Waals surface area contributed by atoms with E-state index in [-0.39, 0.29) is 31.0 Å². The molecule has 3 rings (SSSR count). The number of nitrogens with zero attached hydrogens (tertiary/aromatic N) is 1. The Hall–Kier alpha value is -1.28. The Morgan fingerprint density at radius 1 is 1.34 bits per heavy atom. The maximum absolute atomic E-state index is 13.5. The van der Waals surface area contributed by atoms with Crippen LogP contribution in [0.2, 0.25) is 0 Å². The third-order valence-electron chi connectivity index (χ3n) is 6.82. The van der Waals surface area contributed by atoms with E-state index in [1.165, 1.54) is 0 Å². The number of unbranched alkanes of at least 4 members (excludes halogenated alkanes) is 2. The molecule has 3 aliphatic heterocycles. The van der Waals surface area contributed by atoms with Gasteiger partial charge in [0.1, 0.15) is 6.04 Å². The van der Waals surface area contributed by atoms with Gasteiger partial charge >= 0.3 is 5.97 Å². The fourth-order valence-electron chi connectivity index (χ4n) is 5.50. The molecule has 29 heavy (non-hydrogen) atoms. The Kier molecular flexibility index (Phi) is 6.53. The van der Waals surface area contributed by atoms with Gasteiger partial charge in [0.15, 0.2) is 0 Å². The number of hydrogen-bond acceptors (Lipinski definition) is 6. The second kappa shape index (κ2) is 8.46. The first-order valence-electron chi connectivity index (χ1n) is 10.8. The summed E-state index contributed by atoms with van der Waals surface area (Å²) in [6.07, 6.45) is 4.47. The normalized spacial score (nSPS) is 36.2. The molecule has 3 fully saturated rings. The maximum atomic E-state index is 13.5. The third-order valence-corrected chi connectivity index (χ3v) is 8.81. The van der Waals surface area contributed by atoms with Crippen molar-refractivity contribution in [2.75, 3.05) is 19.8 Å². The topological polar surface area (TPSA) is 95.9 Å². The first-order chi connectivity index (χ1) is 13.8. The van der Waals surface area contributed by atoms with Crippen LogP contribution in [0.1, 0.15) is 59.8 Å². The van der Waals surface area contributed by atoms with Gasteiger partial charge in [0, 0.05) is 11.3 Å². The quantitative estimate of drug-likeness (QED) is 0.431. The largest absolute Gasteiger partial charge is 0.466 e. The minimum absolute atomic E-state index is 0.168. The molecule has 0 aromatic heterocycles. The maximum Gasteiger partial charge on any atom is 0.311 e. The second-order valence-electron chi connectivity index (χ2n) is 8.75. The van der Waals surface area contributed by atoms with Crippen LogP contribution in [0, 0.1) is 11.8 Å². The zero-order valence-corrected chi connectivity index (χ0v) is 18.7. The Morgan fingerprint density at radius 2 is 2.07 bits per heavy atom. The van der Waals surface area contributed by atoms with Crippen LogP contribution in [0.5, 0.6) is 0 Å². The highest BCUT2D eigenvalue weighted by atomic mass is 32.2. The van der Waals surface area contributed by atoms with Crippen LogP contribution >= 0.6 is 11.8 Å². The molecule has 8 heteroatoms. The average Bonchev–Trinajstić information content (AvgIpc) is 3.25. The third kappa shape index (κ3) is 3.46. The Balaban J connectivity index is 1.95. The van der Waals surface area contributed by atoms with E-state index in [9.17, 15) is 19.5 Å². The van der Waals surface area contributed by atoms with E-state index in [4.69, 9.17) is 4.74 Å². The molecule has 0 aromatic carbocycles. The molecular weight excluding hydrogens is 392 g/mol. The molecule has 164 valence electrons. The molecule has 2 N–H and O–H groups in total. The molecule has 0 saturated carbocycles. The summed E-state index contributed by atoms with van der Waals surface area (Å²) in [7, 11) is 0. The lowest BCUT2D eigenvalue weighted by Gasteiger charge is -2.35. The zero-order valence-electron chi connectivity index (χ0n) is 17.9. The Labute approximate surface area is 177 Å². The summed E-state index contributed by atoms with van der Waals surface area (Å²) in [5.74, 6) is -1.85. The molecule has 0 radical (unpaired) electrons. The van der Waals surface area contributed by atoms with Gasteiger partial charge in [0.05, 0.1) is 35.8 Å². The molecule has 0 aliphatic carbocycles. The molecule has 7 nitrogen and oxygen atoms in total. The van der Waals surface area contributed by atoms with Crippen molar-refractivity contribution in [2.24, 2.45) is 11.8 Å². The highest BCUT2D eigenvalue weighted by molar-refractivity contribution is 8.02. The summed E-state index contributed by atoms with van der Waals surface area (Å²) in [6, 6.07) is -1.15. The molecule has 3 aliphatic rings. The van der Waals surface area contributed by atoms with Crippen molar-refractivity contribution >= 4 is 29.5 Å². The van der Waals surface area contributed by atoms with Gasteiger partial charge < -0.3 is 20.1 Å². The number of amides is 2. The molecule has 3 saturated heterocycles. The van der Waals surface area contributed by atoms with Crippen molar-refractivity contribution in [3.05, 3.63) is 0 Å². The van der Waals surface area contributed by atoms with E-state index < -0.39 is 33.4 Å². The number of likely N-dealkylation sites (tertiary alicyclic amines) is 1. The lowest BCUT2D eigenvalue weighted by atomic mass is 9.66. The van der Waals surface area contributed by atoms with Crippen LogP contribution in [0.25, 0.3) is 0 Å². The summed E-state index contributed by atoms with van der Waals surface area (Å²) < 4.78 is 4.30. The van der Waals surface area contributed by atoms with Gasteiger partial charge in [0.25, 0.3) is 0 Å². The van der Waals surface area contributed by atoms with Crippen LogP contribution in [-0.4, -0.2) is 69.1 Å². The van der Waals surface area contributed by atoms with Crippen molar-refractivity contribution in [1.29, 1.82) is 0 Å². The number of aliphatic hydroxyl groups is 1. The summed E-state index contributed by atoms with van der Waals surface area (Å²) >= 11 is 1.62. The first-order valence-corrected chi connectivity index (χ1v) is 11.7. The average molecular weight is 427 g/mol. The highest BCUT2D eigenvalue weighted by Gasteiger charge is 2.77. The molecule has 0 aromatic rings. The lowest BCUT2D eigenvalue weighted by Crippen LogP contribution is -2.56. The fraction of sp³-hybridized carbons (Fsp3) is 0.857. The van der Waals surface area contributed by atoms with E-state index in [1.54, 1.807) is 30.5 Å². The van der Waals surface area contributed by atoms with Gasteiger partial charge in [-0.2, -0.15) is 0 Å². The minimum atomic E-state index is -0.671. The van der Waals surface area contributed by atoms with Crippen LogP contribution in [-0.2, 0) is 19.1 Å². The second-order valence-corrected chi connectivity index (χ2v) is 10.7. The predicted molar refractivity (Wildman–Crippen MR) is 111 cm³/mol. The Morgan fingerprint density at radius 3 is 2.69 bits per heavy atom. The number of nitrogens with one attached hydrogen (secondary N) is 1. The lowest BCUT2D eigenvalue weighted by molar-refractivity contribution is -0.155. The fourth-order valence-corrected chi connectivity index (χ4v) is 7.83. The standard InChI is InChI=1S/C21H34N2O5S/c1-5-7-8-11-22-17(25)16-21-10-9-20(4,29-21)15(19(27)28-6-2)14(21)18(26)23(16)13(3)12-24/h13-16,24H,5-12H2,1-4H3,(H,22,25)/t13-,14+,15+,16?,20-,21?/m1/s1. The molecule has 1 spiro atoms. The number of aliphatic hydroxyl groups excluding tert-OH is 1. The number of carbonyl (C=O) groups is 3. The number of esters is 1. The molecule has 6 atom stereocenters. The summed E-state index contributed by atoms with van der Waals surface area (Å²) in [6.45, 7) is 8.26. The molecule has 2 unspecified atom stereocenters. The first kappa shape index (κ1) is 22.4. The van der Waals surface area contributed by atoms with Gasteiger partial charge in [-0.15, -0.1) is 11.8 Å². The molecule has 2 amide bonds. The number of ether oxygens (including phenoxy) is 1. The molecular formula is C21H34N2O5S. The van der Waals surface area contributed by atoms with Gasteiger partial charge in [-0.25, -0.2) is 0 Å². The van der Waals surface area contributed by atoms with Crippen molar-refractivity contribution in [3.8, 4) is 0 Å². The number of hydrogen-bond donors (Lipinski definition) is 2. The molecule has 2 bridgehead atoms. The highest BCUT2D eigenvalue weighted by Crippen LogP contribution is 2.71.